The molecule has 0 spiro atoms. The average Bonchev–Trinajstić information content (AvgIpc) is 2.99. The van der Waals surface area contributed by atoms with Gasteiger partial charge in [0.15, 0.2) is 37.7 Å². The molecule has 0 saturated carbocycles. The van der Waals surface area contributed by atoms with Crippen molar-refractivity contribution in [3.8, 4) is 0 Å². The van der Waals surface area contributed by atoms with E-state index in [1.165, 1.54) is 97.8 Å². The summed E-state index contributed by atoms with van der Waals surface area (Å²) >= 11 is 0. The van der Waals surface area contributed by atoms with Crippen LogP contribution in [0.15, 0.2) is 0 Å². The summed E-state index contributed by atoms with van der Waals surface area (Å²) in [6, 6.07) is 0. The van der Waals surface area contributed by atoms with Crippen molar-refractivity contribution in [1.29, 1.82) is 0 Å². The van der Waals surface area contributed by atoms with Crippen LogP contribution in [0.5, 0.6) is 0 Å². The van der Waals surface area contributed by atoms with Gasteiger partial charge in [-0.3, -0.25) is 13.6 Å². The van der Waals surface area contributed by atoms with E-state index in [4.69, 9.17) is 27.8 Å². The van der Waals surface area contributed by atoms with E-state index in [2.05, 4.69) is 20.8 Å². The highest BCUT2D eigenvalue weighted by Crippen LogP contribution is 2.53. The third-order valence-corrected chi connectivity index (χ3v) is 9.71. The highest BCUT2D eigenvalue weighted by Gasteiger charge is 2.36. The molecule has 0 bridgehead atoms. The molecule has 0 rings (SSSR count). The maximum atomic E-state index is 13.8. The van der Waals surface area contributed by atoms with Gasteiger partial charge in [-0.15, -0.1) is 0 Å². The van der Waals surface area contributed by atoms with Crippen LogP contribution in [0.4, 0.5) is 0 Å². The Morgan fingerprint density at radius 2 is 0.617 bits per heavy atom. The van der Waals surface area contributed by atoms with Gasteiger partial charge >= 0.3 is 7.82 Å². The molecule has 0 aromatic carbocycles. The van der Waals surface area contributed by atoms with Crippen molar-refractivity contribution in [2.45, 2.75) is 233 Å². The van der Waals surface area contributed by atoms with E-state index in [1.54, 1.807) is 0 Å². The second-order valence-electron chi connectivity index (χ2n) is 13.0. The minimum Gasteiger partial charge on any atom is -0.368 e. The molecule has 0 heterocycles. The normalized spacial score (nSPS) is 17.2. The first kappa shape index (κ1) is 46.9. The molecule has 11 heteroatoms. The van der Waals surface area contributed by atoms with Gasteiger partial charge in [-0.05, 0) is 59.3 Å². The second kappa shape index (κ2) is 31.8. The van der Waals surface area contributed by atoms with Crippen molar-refractivity contribution >= 4 is 7.82 Å². The Labute approximate surface area is 288 Å². The first-order valence-corrected chi connectivity index (χ1v) is 20.7. The number of ether oxygens (including phenoxy) is 3. The smallest absolute Gasteiger partial charge is 0.368 e. The highest BCUT2D eigenvalue weighted by atomic mass is 31.2. The molecule has 6 atom stereocenters. The summed E-state index contributed by atoms with van der Waals surface area (Å²) in [5, 5.41) is 31.2. The minimum atomic E-state index is -4.41. The number of unbranched alkanes of at least 4 members (excludes halogenated alkanes) is 18. The number of aliphatic hydroxyl groups is 3. The Bertz CT molecular complexity index is 625. The van der Waals surface area contributed by atoms with Crippen molar-refractivity contribution in [2.75, 3.05) is 0 Å². The van der Waals surface area contributed by atoms with E-state index in [9.17, 15) is 19.9 Å². The summed E-state index contributed by atoms with van der Waals surface area (Å²) in [5.41, 5.74) is 0. The molecule has 0 aliphatic rings. The minimum absolute atomic E-state index is 0.419. The number of aliphatic hydroxyl groups excluding tert-OH is 3. The molecule has 0 radical (unpaired) electrons. The topological polar surface area (TPSA) is 133 Å². The molecule has 0 amide bonds. The number of phosphoric acid groups is 1. The predicted molar refractivity (Wildman–Crippen MR) is 188 cm³/mol. The summed E-state index contributed by atoms with van der Waals surface area (Å²) < 4.78 is 47.2. The van der Waals surface area contributed by atoms with Gasteiger partial charge in [0.1, 0.15) is 0 Å². The first-order chi connectivity index (χ1) is 22.5. The van der Waals surface area contributed by atoms with Crippen molar-refractivity contribution in [3.63, 3.8) is 0 Å². The number of phosphoric ester groups is 1. The van der Waals surface area contributed by atoms with Crippen molar-refractivity contribution < 1.29 is 47.7 Å². The van der Waals surface area contributed by atoms with Crippen LogP contribution < -0.4 is 0 Å². The lowest BCUT2D eigenvalue weighted by Gasteiger charge is -2.28. The van der Waals surface area contributed by atoms with Gasteiger partial charge in [0.2, 0.25) is 0 Å². The van der Waals surface area contributed by atoms with E-state index in [0.717, 1.165) is 57.8 Å². The van der Waals surface area contributed by atoms with Crippen LogP contribution in [-0.2, 0) is 32.3 Å². The highest BCUT2D eigenvalue weighted by molar-refractivity contribution is 7.48. The van der Waals surface area contributed by atoms with E-state index >= 15 is 0 Å². The summed E-state index contributed by atoms with van der Waals surface area (Å²) in [4.78, 5) is 0. The van der Waals surface area contributed by atoms with Crippen molar-refractivity contribution in [3.05, 3.63) is 0 Å². The van der Waals surface area contributed by atoms with Crippen molar-refractivity contribution in [1.82, 2.24) is 0 Å². The van der Waals surface area contributed by atoms with Gasteiger partial charge in [-0.25, -0.2) is 4.57 Å². The Morgan fingerprint density at radius 1 is 0.404 bits per heavy atom. The van der Waals surface area contributed by atoms with Crippen LogP contribution in [0.2, 0.25) is 0 Å². The molecule has 0 saturated heterocycles. The lowest BCUT2D eigenvalue weighted by Crippen LogP contribution is -2.27. The quantitative estimate of drug-likeness (QED) is 0.0330. The second-order valence-corrected chi connectivity index (χ2v) is 14.5. The molecule has 6 unspecified atom stereocenters. The van der Waals surface area contributed by atoms with E-state index in [0.29, 0.717) is 19.3 Å². The largest absolute Gasteiger partial charge is 0.481 e. The van der Waals surface area contributed by atoms with Crippen LogP contribution in [-0.4, -0.2) is 53.1 Å². The molecule has 0 aliphatic heterocycles. The fourth-order valence-electron chi connectivity index (χ4n) is 5.39. The third-order valence-electron chi connectivity index (χ3n) is 8.04. The maximum absolute atomic E-state index is 13.8. The molecular weight excluding hydrogens is 623 g/mol. The van der Waals surface area contributed by atoms with Crippen LogP contribution in [0, 0.1) is 0 Å². The van der Waals surface area contributed by atoms with Gasteiger partial charge in [-0.1, -0.05) is 136 Å². The fraction of sp³-hybridized carbons (Fsp3) is 1.00. The van der Waals surface area contributed by atoms with E-state index < -0.39 is 45.6 Å². The first-order valence-electron chi connectivity index (χ1n) is 19.2. The molecule has 0 aliphatic carbocycles. The average molecular weight is 699 g/mol. The summed E-state index contributed by atoms with van der Waals surface area (Å²) in [6.07, 6.45) is 17.8. The zero-order chi connectivity index (χ0) is 35.2. The lowest BCUT2D eigenvalue weighted by molar-refractivity contribution is -0.232. The van der Waals surface area contributed by atoms with Gasteiger partial charge in [0.05, 0.1) is 0 Å². The summed E-state index contributed by atoms with van der Waals surface area (Å²) in [5.74, 6) is 0. The van der Waals surface area contributed by atoms with E-state index in [-0.39, 0.29) is 0 Å². The SMILES string of the molecule is CCCCCCCCCC(O)OC(C)OP(=O)(OC(C)OC(O)CCCCCCCCC)OC(C)OC(O)CCCCCCCCC. The monoisotopic (exact) mass is 699 g/mol. The molecule has 0 aromatic rings. The Balaban J connectivity index is 4.93. The summed E-state index contributed by atoms with van der Waals surface area (Å²) in [7, 11) is -4.41. The van der Waals surface area contributed by atoms with Gasteiger partial charge in [0.25, 0.3) is 0 Å². The molecule has 3 N–H and O–H groups in total. The molecule has 0 aromatic heterocycles. The van der Waals surface area contributed by atoms with Crippen LogP contribution in [0.3, 0.4) is 0 Å². The molecule has 0 fully saturated rings. The molecule has 47 heavy (non-hydrogen) atoms. The molecular formula is C36H75O10P. The molecule has 284 valence electrons. The van der Waals surface area contributed by atoms with Gasteiger partial charge in [0, 0.05) is 0 Å². The standard InChI is InChI=1S/C36H75O10P/c1-7-10-13-16-19-22-25-28-34(37)41-31(4)44-47(40,45-32(5)42-35(38)29-26-23-20-17-14-11-8-2)46-33(6)43-36(39)30-27-24-21-18-15-12-9-3/h31-39H,7-30H2,1-6H3. The van der Waals surface area contributed by atoms with Gasteiger partial charge in [-0.2, -0.15) is 0 Å². The number of hydrogen-bond acceptors (Lipinski definition) is 10. The van der Waals surface area contributed by atoms with Gasteiger partial charge < -0.3 is 29.5 Å². The number of hydrogen-bond donors (Lipinski definition) is 3. The fourth-order valence-corrected chi connectivity index (χ4v) is 6.78. The third kappa shape index (κ3) is 30.4. The summed E-state index contributed by atoms with van der Waals surface area (Å²) in [6.45, 7) is 11.1. The molecule has 10 nitrogen and oxygen atoms in total. The zero-order valence-corrected chi connectivity index (χ0v) is 32.0. The zero-order valence-electron chi connectivity index (χ0n) is 31.1. The lowest BCUT2D eigenvalue weighted by atomic mass is 10.1. The van der Waals surface area contributed by atoms with Crippen LogP contribution in [0.25, 0.3) is 0 Å². The Hall–Kier alpha value is -0.130. The Morgan fingerprint density at radius 3 is 0.851 bits per heavy atom. The van der Waals surface area contributed by atoms with Crippen LogP contribution in [0.1, 0.15) is 196 Å². The van der Waals surface area contributed by atoms with Crippen molar-refractivity contribution in [2.24, 2.45) is 0 Å². The maximum Gasteiger partial charge on any atom is 0.481 e. The van der Waals surface area contributed by atoms with E-state index in [1.807, 2.05) is 0 Å². The van der Waals surface area contributed by atoms with Crippen LogP contribution >= 0.6 is 7.82 Å². The predicted octanol–water partition coefficient (Wildman–Crippen LogP) is 10.6. The number of rotatable bonds is 36. The Kier molecular flexibility index (Phi) is 31.7.